The highest BCUT2D eigenvalue weighted by Gasteiger charge is 2.34. The molecule has 4 heteroatoms. The van der Waals surface area contributed by atoms with Gasteiger partial charge in [0.2, 0.25) is 0 Å². The third kappa shape index (κ3) is 2.31. The molecule has 0 atom stereocenters. The number of fused-ring (bicyclic) bond motifs is 1. The third-order valence-corrected chi connectivity index (χ3v) is 4.53. The van der Waals surface area contributed by atoms with E-state index < -0.39 is 0 Å². The SMILES string of the molecule is CCC1(CNc2cc3c(cc2N)OCCO3)CCC1. The lowest BCUT2D eigenvalue weighted by Gasteiger charge is -2.41. The van der Waals surface area contributed by atoms with Gasteiger partial charge in [0.15, 0.2) is 11.5 Å². The summed E-state index contributed by atoms with van der Waals surface area (Å²) < 4.78 is 11.1. The van der Waals surface area contributed by atoms with E-state index in [2.05, 4.69) is 12.2 Å². The molecular weight excluding hydrogens is 240 g/mol. The first-order valence-corrected chi connectivity index (χ1v) is 7.15. The number of rotatable bonds is 4. The Kier molecular flexibility index (Phi) is 3.17. The number of ether oxygens (including phenoxy) is 2. The van der Waals surface area contributed by atoms with Gasteiger partial charge in [-0.1, -0.05) is 13.3 Å². The molecule has 19 heavy (non-hydrogen) atoms. The van der Waals surface area contributed by atoms with Crippen LogP contribution in [0.5, 0.6) is 11.5 Å². The Hall–Kier alpha value is -1.58. The van der Waals surface area contributed by atoms with Gasteiger partial charge in [-0.3, -0.25) is 0 Å². The standard InChI is InChI=1S/C15H22N2O2/c1-2-15(4-3-5-15)10-17-12-9-14-13(8-11(12)16)18-6-7-19-14/h8-9,17H,2-7,10,16H2,1H3. The van der Waals surface area contributed by atoms with Crippen LogP contribution in [0.2, 0.25) is 0 Å². The van der Waals surface area contributed by atoms with Gasteiger partial charge in [-0.2, -0.15) is 0 Å². The fourth-order valence-electron chi connectivity index (χ4n) is 2.87. The van der Waals surface area contributed by atoms with Gasteiger partial charge in [-0.25, -0.2) is 0 Å². The molecule has 0 saturated heterocycles. The van der Waals surface area contributed by atoms with Gasteiger partial charge in [0.25, 0.3) is 0 Å². The number of anilines is 2. The Morgan fingerprint density at radius 2 is 1.89 bits per heavy atom. The molecule has 1 aliphatic carbocycles. The molecule has 1 aromatic carbocycles. The molecule has 0 aromatic heterocycles. The quantitative estimate of drug-likeness (QED) is 0.819. The molecular formula is C15H22N2O2. The molecule has 1 fully saturated rings. The molecule has 104 valence electrons. The van der Waals surface area contributed by atoms with Crippen LogP contribution < -0.4 is 20.5 Å². The normalized spacial score (nSPS) is 19.6. The second-order valence-corrected chi connectivity index (χ2v) is 5.64. The van der Waals surface area contributed by atoms with E-state index in [1.165, 1.54) is 25.7 Å². The van der Waals surface area contributed by atoms with Crippen molar-refractivity contribution < 1.29 is 9.47 Å². The van der Waals surface area contributed by atoms with E-state index in [0.717, 1.165) is 29.4 Å². The second-order valence-electron chi connectivity index (χ2n) is 5.64. The van der Waals surface area contributed by atoms with Crippen LogP contribution in [0, 0.1) is 5.41 Å². The largest absolute Gasteiger partial charge is 0.486 e. The van der Waals surface area contributed by atoms with E-state index in [0.29, 0.717) is 18.6 Å². The predicted molar refractivity (Wildman–Crippen MR) is 76.9 cm³/mol. The molecule has 3 N–H and O–H groups in total. The highest BCUT2D eigenvalue weighted by molar-refractivity contribution is 5.72. The molecule has 4 nitrogen and oxygen atoms in total. The summed E-state index contributed by atoms with van der Waals surface area (Å²) in [7, 11) is 0. The van der Waals surface area contributed by atoms with Crippen LogP contribution in [0.3, 0.4) is 0 Å². The maximum atomic E-state index is 6.08. The molecule has 3 rings (SSSR count). The van der Waals surface area contributed by atoms with Crippen LogP contribution in [0.25, 0.3) is 0 Å². The van der Waals surface area contributed by atoms with Crippen LogP contribution in [0.15, 0.2) is 12.1 Å². The number of nitrogen functional groups attached to an aromatic ring is 1. The van der Waals surface area contributed by atoms with Gasteiger partial charge in [0, 0.05) is 18.7 Å². The van der Waals surface area contributed by atoms with E-state index in [1.54, 1.807) is 0 Å². The van der Waals surface area contributed by atoms with Crippen molar-refractivity contribution in [3.63, 3.8) is 0 Å². The van der Waals surface area contributed by atoms with E-state index in [1.807, 2.05) is 12.1 Å². The summed E-state index contributed by atoms with van der Waals surface area (Å²) in [4.78, 5) is 0. The molecule has 0 unspecified atom stereocenters. The lowest BCUT2D eigenvalue weighted by molar-refractivity contribution is 0.145. The van der Waals surface area contributed by atoms with Crippen molar-refractivity contribution in [1.29, 1.82) is 0 Å². The van der Waals surface area contributed by atoms with Crippen molar-refractivity contribution in [2.24, 2.45) is 5.41 Å². The van der Waals surface area contributed by atoms with Crippen molar-refractivity contribution in [3.8, 4) is 11.5 Å². The number of hydrogen-bond acceptors (Lipinski definition) is 4. The minimum absolute atomic E-state index is 0.472. The van der Waals surface area contributed by atoms with Gasteiger partial charge in [0.05, 0.1) is 11.4 Å². The Bertz CT molecular complexity index is 464. The smallest absolute Gasteiger partial charge is 0.163 e. The molecule has 1 heterocycles. The van der Waals surface area contributed by atoms with Gasteiger partial charge in [-0.05, 0) is 24.7 Å². The minimum atomic E-state index is 0.472. The van der Waals surface area contributed by atoms with Crippen LogP contribution in [0.1, 0.15) is 32.6 Å². The lowest BCUT2D eigenvalue weighted by atomic mass is 9.67. The highest BCUT2D eigenvalue weighted by Crippen LogP contribution is 2.44. The molecule has 1 aliphatic heterocycles. The zero-order valence-corrected chi connectivity index (χ0v) is 11.5. The van der Waals surface area contributed by atoms with Crippen LogP contribution >= 0.6 is 0 Å². The van der Waals surface area contributed by atoms with Crippen molar-refractivity contribution in [1.82, 2.24) is 0 Å². The summed E-state index contributed by atoms with van der Waals surface area (Å²) in [6.07, 6.45) is 5.22. The van der Waals surface area contributed by atoms with E-state index in [-0.39, 0.29) is 0 Å². The number of nitrogens with one attached hydrogen (secondary N) is 1. The van der Waals surface area contributed by atoms with E-state index in [9.17, 15) is 0 Å². The Balaban J connectivity index is 1.73. The predicted octanol–water partition coefficient (Wildman–Crippen LogP) is 3.03. The molecule has 0 bridgehead atoms. The third-order valence-electron chi connectivity index (χ3n) is 4.53. The summed E-state index contributed by atoms with van der Waals surface area (Å²) in [5.74, 6) is 1.55. The van der Waals surface area contributed by atoms with Crippen LogP contribution in [0.4, 0.5) is 11.4 Å². The van der Waals surface area contributed by atoms with E-state index >= 15 is 0 Å². The number of benzene rings is 1. The zero-order chi connectivity index (χ0) is 13.3. The van der Waals surface area contributed by atoms with Crippen molar-refractivity contribution in [3.05, 3.63) is 12.1 Å². The topological polar surface area (TPSA) is 56.5 Å². The molecule has 0 amide bonds. The first-order valence-electron chi connectivity index (χ1n) is 7.15. The Morgan fingerprint density at radius 3 is 2.47 bits per heavy atom. The van der Waals surface area contributed by atoms with E-state index in [4.69, 9.17) is 15.2 Å². The van der Waals surface area contributed by atoms with Gasteiger partial charge in [-0.15, -0.1) is 0 Å². The first kappa shape index (κ1) is 12.5. The van der Waals surface area contributed by atoms with Crippen LogP contribution in [-0.2, 0) is 0 Å². The molecule has 0 radical (unpaired) electrons. The lowest BCUT2D eigenvalue weighted by Crippen LogP contribution is -2.36. The van der Waals surface area contributed by atoms with Crippen molar-refractivity contribution in [2.45, 2.75) is 32.6 Å². The minimum Gasteiger partial charge on any atom is -0.486 e. The highest BCUT2D eigenvalue weighted by atomic mass is 16.6. The summed E-state index contributed by atoms with van der Waals surface area (Å²) in [5.41, 5.74) is 8.24. The average molecular weight is 262 g/mol. The molecule has 0 spiro atoms. The van der Waals surface area contributed by atoms with Gasteiger partial charge >= 0.3 is 0 Å². The summed E-state index contributed by atoms with van der Waals surface area (Å²) >= 11 is 0. The Labute approximate surface area is 114 Å². The summed E-state index contributed by atoms with van der Waals surface area (Å²) in [5, 5.41) is 3.50. The maximum Gasteiger partial charge on any atom is 0.163 e. The van der Waals surface area contributed by atoms with Crippen molar-refractivity contribution >= 4 is 11.4 Å². The average Bonchev–Trinajstić information content (AvgIpc) is 2.38. The summed E-state index contributed by atoms with van der Waals surface area (Å²) in [6.45, 7) is 4.47. The molecule has 2 aliphatic rings. The maximum absolute atomic E-state index is 6.08. The number of nitrogens with two attached hydrogens (primary N) is 1. The van der Waals surface area contributed by atoms with Gasteiger partial charge < -0.3 is 20.5 Å². The molecule has 1 saturated carbocycles. The Morgan fingerprint density at radius 1 is 1.21 bits per heavy atom. The summed E-state index contributed by atoms with van der Waals surface area (Å²) in [6, 6.07) is 3.82. The van der Waals surface area contributed by atoms with Crippen molar-refractivity contribution in [2.75, 3.05) is 30.8 Å². The fourth-order valence-corrected chi connectivity index (χ4v) is 2.87. The zero-order valence-electron chi connectivity index (χ0n) is 11.5. The first-order chi connectivity index (χ1) is 9.22. The molecule has 1 aromatic rings. The fraction of sp³-hybridized carbons (Fsp3) is 0.600. The number of hydrogen-bond donors (Lipinski definition) is 2. The van der Waals surface area contributed by atoms with Gasteiger partial charge in [0.1, 0.15) is 13.2 Å². The monoisotopic (exact) mass is 262 g/mol. The second kappa shape index (κ2) is 4.83. The van der Waals surface area contributed by atoms with Crippen LogP contribution in [-0.4, -0.2) is 19.8 Å².